The molecule has 1 atom stereocenters. The van der Waals surface area contributed by atoms with Crippen molar-refractivity contribution in [3.63, 3.8) is 0 Å². The third-order valence-electron chi connectivity index (χ3n) is 1.98. The molecule has 0 aromatic rings. The van der Waals surface area contributed by atoms with Gasteiger partial charge in [-0.1, -0.05) is 11.6 Å². The van der Waals surface area contributed by atoms with Gasteiger partial charge in [0.1, 0.15) is 0 Å². The van der Waals surface area contributed by atoms with Gasteiger partial charge < -0.3 is 33.9 Å². The lowest BCUT2D eigenvalue weighted by molar-refractivity contribution is -0.0166. The second-order valence-electron chi connectivity index (χ2n) is 3.68. The van der Waals surface area contributed by atoms with Crippen molar-refractivity contribution in [2.75, 3.05) is 72.7 Å². The highest BCUT2D eigenvalue weighted by atomic mass is 35.5. The summed E-state index contributed by atoms with van der Waals surface area (Å²) in [6.07, 6.45) is 0. The SMILES string of the molecule is OCCOCCOCCOCCOCCOCC(O)Cl. The van der Waals surface area contributed by atoms with Gasteiger partial charge in [-0.3, -0.25) is 0 Å². The van der Waals surface area contributed by atoms with E-state index >= 15 is 0 Å². The number of aliphatic hydroxyl groups excluding tert-OH is 2. The van der Waals surface area contributed by atoms with Crippen LogP contribution in [0.2, 0.25) is 0 Å². The standard InChI is InChI=1S/C12H25ClO7/c13-12(15)11-20-10-9-19-8-7-18-6-5-17-4-3-16-2-1-14/h12,14-15H,1-11H2. The predicted octanol–water partition coefficient (Wildman–Crippen LogP) is -0.381. The molecule has 0 aliphatic rings. The van der Waals surface area contributed by atoms with Gasteiger partial charge in [0, 0.05) is 0 Å². The van der Waals surface area contributed by atoms with Gasteiger partial charge in [-0.2, -0.15) is 0 Å². The van der Waals surface area contributed by atoms with Crippen LogP contribution >= 0.6 is 11.6 Å². The lowest BCUT2D eigenvalue weighted by atomic mass is 10.7. The Bertz CT molecular complexity index is 183. The minimum Gasteiger partial charge on any atom is -0.394 e. The van der Waals surface area contributed by atoms with E-state index in [2.05, 4.69) is 0 Å². The van der Waals surface area contributed by atoms with Gasteiger partial charge in [0.25, 0.3) is 0 Å². The fourth-order valence-corrected chi connectivity index (χ4v) is 1.21. The average molecular weight is 317 g/mol. The Hall–Kier alpha value is 0.01000. The third-order valence-corrected chi connectivity index (χ3v) is 2.11. The molecule has 20 heavy (non-hydrogen) atoms. The Labute approximate surface area is 124 Å². The van der Waals surface area contributed by atoms with E-state index in [1.54, 1.807) is 0 Å². The molecule has 0 aromatic heterocycles. The molecule has 2 N–H and O–H groups in total. The van der Waals surface area contributed by atoms with E-state index in [1.807, 2.05) is 0 Å². The first-order valence-electron chi connectivity index (χ1n) is 6.59. The van der Waals surface area contributed by atoms with Crippen molar-refractivity contribution in [2.45, 2.75) is 5.56 Å². The number of rotatable bonds is 16. The molecule has 122 valence electrons. The molecule has 0 rings (SSSR count). The van der Waals surface area contributed by atoms with E-state index in [4.69, 9.17) is 45.5 Å². The third kappa shape index (κ3) is 18.0. The summed E-state index contributed by atoms with van der Waals surface area (Å²) in [7, 11) is 0. The molecule has 7 nitrogen and oxygen atoms in total. The number of halogens is 1. The van der Waals surface area contributed by atoms with E-state index in [0.29, 0.717) is 59.5 Å². The number of aliphatic hydroxyl groups is 2. The van der Waals surface area contributed by atoms with Gasteiger partial charge in [-0.05, 0) is 0 Å². The quantitative estimate of drug-likeness (QED) is 0.296. The van der Waals surface area contributed by atoms with Crippen molar-refractivity contribution >= 4 is 11.6 Å². The molecule has 0 radical (unpaired) electrons. The highest BCUT2D eigenvalue weighted by molar-refractivity contribution is 6.19. The molecule has 0 amide bonds. The van der Waals surface area contributed by atoms with Crippen LogP contribution in [-0.4, -0.2) is 88.5 Å². The summed E-state index contributed by atoms with van der Waals surface area (Å²) in [5.41, 5.74) is -0.965. The zero-order chi connectivity index (χ0) is 14.9. The number of alkyl halides is 1. The maximum Gasteiger partial charge on any atom is 0.151 e. The molecular weight excluding hydrogens is 292 g/mol. The first-order valence-corrected chi connectivity index (χ1v) is 7.02. The van der Waals surface area contributed by atoms with Gasteiger partial charge in [-0.15, -0.1) is 0 Å². The van der Waals surface area contributed by atoms with Crippen LogP contribution < -0.4 is 0 Å². The van der Waals surface area contributed by atoms with Crippen LogP contribution in [0.15, 0.2) is 0 Å². The Kier molecular flexibility index (Phi) is 17.1. The van der Waals surface area contributed by atoms with Gasteiger partial charge >= 0.3 is 0 Å². The zero-order valence-electron chi connectivity index (χ0n) is 11.7. The molecule has 0 aromatic carbocycles. The maximum atomic E-state index is 8.71. The van der Waals surface area contributed by atoms with Crippen molar-refractivity contribution in [3.05, 3.63) is 0 Å². The smallest absolute Gasteiger partial charge is 0.151 e. The van der Waals surface area contributed by atoms with Gasteiger partial charge in [0.15, 0.2) is 5.56 Å². The minimum absolute atomic E-state index is 0.0284. The molecule has 0 aliphatic carbocycles. The molecule has 1 unspecified atom stereocenters. The second kappa shape index (κ2) is 17.1. The largest absolute Gasteiger partial charge is 0.394 e. The van der Waals surface area contributed by atoms with Crippen LogP contribution in [0.4, 0.5) is 0 Å². The number of hydrogen-bond donors (Lipinski definition) is 2. The molecule has 0 aliphatic heterocycles. The fraction of sp³-hybridized carbons (Fsp3) is 1.00. The molecule has 0 spiro atoms. The minimum atomic E-state index is -0.965. The highest BCUT2D eigenvalue weighted by Gasteiger charge is 1.97. The first-order chi connectivity index (χ1) is 9.77. The lowest BCUT2D eigenvalue weighted by Gasteiger charge is -2.08. The number of ether oxygens (including phenoxy) is 5. The summed E-state index contributed by atoms with van der Waals surface area (Å²) >= 11 is 5.28. The normalized spacial score (nSPS) is 12.8. The summed E-state index contributed by atoms with van der Waals surface area (Å²) in [5.74, 6) is 0. The fourth-order valence-electron chi connectivity index (χ4n) is 1.12. The summed E-state index contributed by atoms with van der Waals surface area (Å²) in [6.45, 7) is 4.22. The van der Waals surface area contributed by atoms with E-state index in [-0.39, 0.29) is 13.2 Å². The van der Waals surface area contributed by atoms with Crippen molar-refractivity contribution in [1.82, 2.24) is 0 Å². The zero-order valence-corrected chi connectivity index (χ0v) is 12.4. The molecule has 0 saturated heterocycles. The molecule has 0 heterocycles. The molecule has 8 heteroatoms. The van der Waals surface area contributed by atoms with Crippen molar-refractivity contribution in [3.8, 4) is 0 Å². The Morgan fingerprint density at radius 1 is 0.650 bits per heavy atom. The van der Waals surface area contributed by atoms with Crippen LogP contribution in [0.3, 0.4) is 0 Å². The Balaban J connectivity index is 2.92. The predicted molar refractivity (Wildman–Crippen MR) is 73.0 cm³/mol. The topological polar surface area (TPSA) is 86.6 Å². The van der Waals surface area contributed by atoms with Crippen molar-refractivity contribution < 1.29 is 33.9 Å². The molecular formula is C12H25ClO7. The highest BCUT2D eigenvalue weighted by Crippen LogP contribution is 1.90. The second-order valence-corrected chi connectivity index (χ2v) is 4.19. The monoisotopic (exact) mass is 316 g/mol. The summed E-state index contributed by atoms with van der Waals surface area (Å²) < 4.78 is 25.8. The van der Waals surface area contributed by atoms with Gasteiger partial charge in [0.05, 0.1) is 72.7 Å². The van der Waals surface area contributed by atoms with Crippen LogP contribution in [0, 0.1) is 0 Å². The Morgan fingerprint density at radius 3 is 1.35 bits per heavy atom. The van der Waals surface area contributed by atoms with Crippen molar-refractivity contribution in [2.24, 2.45) is 0 Å². The lowest BCUT2D eigenvalue weighted by Crippen LogP contribution is -2.15. The van der Waals surface area contributed by atoms with E-state index < -0.39 is 5.56 Å². The van der Waals surface area contributed by atoms with E-state index in [9.17, 15) is 0 Å². The average Bonchev–Trinajstić information content (AvgIpc) is 2.43. The Morgan fingerprint density at radius 2 is 1.00 bits per heavy atom. The molecule has 0 fully saturated rings. The van der Waals surface area contributed by atoms with Gasteiger partial charge in [0.2, 0.25) is 0 Å². The number of hydrogen-bond acceptors (Lipinski definition) is 7. The van der Waals surface area contributed by atoms with Crippen LogP contribution in [0.25, 0.3) is 0 Å². The van der Waals surface area contributed by atoms with Gasteiger partial charge in [-0.25, -0.2) is 0 Å². The van der Waals surface area contributed by atoms with Crippen LogP contribution in [-0.2, 0) is 23.7 Å². The van der Waals surface area contributed by atoms with E-state index in [1.165, 1.54) is 0 Å². The van der Waals surface area contributed by atoms with Crippen LogP contribution in [0.1, 0.15) is 0 Å². The maximum absolute atomic E-state index is 8.71. The van der Waals surface area contributed by atoms with E-state index in [0.717, 1.165) is 0 Å². The summed E-state index contributed by atoms with van der Waals surface area (Å²) in [4.78, 5) is 0. The summed E-state index contributed by atoms with van der Waals surface area (Å²) in [6, 6.07) is 0. The first kappa shape index (κ1) is 20.0. The molecule has 0 bridgehead atoms. The van der Waals surface area contributed by atoms with Crippen LogP contribution in [0.5, 0.6) is 0 Å². The van der Waals surface area contributed by atoms with Crippen molar-refractivity contribution in [1.29, 1.82) is 0 Å². The molecule has 0 saturated carbocycles. The summed E-state index contributed by atoms with van der Waals surface area (Å²) in [5, 5.41) is 17.2.